The van der Waals surface area contributed by atoms with Crippen molar-refractivity contribution >= 4 is 17.5 Å². The fourth-order valence-electron chi connectivity index (χ4n) is 2.17. The fraction of sp³-hybridized carbons (Fsp3) is 0.529. The number of unbranched alkanes of at least 4 members (excludes halogenated alkanes) is 2. The number of nitrogens with zero attached hydrogens (tertiary/aromatic N) is 2. The zero-order chi connectivity index (χ0) is 15.7. The lowest BCUT2D eigenvalue weighted by molar-refractivity contribution is -0.129. The van der Waals surface area contributed by atoms with Crippen LogP contribution in [0.4, 0.5) is 5.69 Å². The van der Waals surface area contributed by atoms with Crippen molar-refractivity contribution in [1.29, 1.82) is 0 Å². The van der Waals surface area contributed by atoms with Gasteiger partial charge in [-0.1, -0.05) is 38.0 Å². The summed E-state index contributed by atoms with van der Waals surface area (Å²) in [6.45, 7) is 4.94. The topological polar surface area (TPSA) is 40.6 Å². The molecule has 0 saturated heterocycles. The Bertz CT molecular complexity index is 445. The lowest BCUT2D eigenvalue weighted by atomic mass is 10.2. The molecule has 2 amide bonds. The van der Waals surface area contributed by atoms with E-state index in [2.05, 4.69) is 6.92 Å². The molecule has 0 fully saturated rings. The second-order valence-corrected chi connectivity index (χ2v) is 5.25. The van der Waals surface area contributed by atoms with Gasteiger partial charge in [0.05, 0.1) is 0 Å². The van der Waals surface area contributed by atoms with Crippen molar-refractivity contribution < 1.29 is 9.59 Å². The van der Waals surface area contributed by atoms with Gasteiger partial charge in [-0.05, 0) is 18.6 Å². The molecule has 1 rings (SSSR count). The number of carbonyl (C=O) groups excluding carboxylic acids is 2. The number of para-hydroxylation sites is 1. The lowest BCUT2D eigenvalue weighted by Gasteiger charge is -2.23. The predicted molar refractivity (Wildman–Crippen MR) is 86.2 cm³/mol. The Balaban J connectivity index is 2.47. The molecule has 116 valence electrons. The third-order valence-corrected chi connectivity index (χ3v) is 3.59. The molecule has 0 heterocycles. The van der Waals surface area contributed by atoms with E-state index < -0.39 is 0 Å². The lowest BCUT2D eigenvalue weighted by Crippen LogP contribution is -2.35. The fourth-order valence-corrected chi connectivity index (χ4v) is 2.17. The second-order valence-electron chi connectivity index (χ2n) is 5.25. The van der Waals surface area contributed by atoms with E-state index in [1.54, 1.807) is 23.8 Å². The van der Waals surface area contributed by atoms with Gasteiger partial charge in [-0.15, -0.1) is 0 Å². The van der Waals surface area contributed by atoms with Crippen molar-refractivity contribution in [3.8, 4) is 0 Å². The van der Waals surface area contributed by atoms with Crippen molar-refractivity contribution in [3.63, 3.8) is 0 Å². The number of rotatable bonds is 8. The maximum atomic E-state index is 12.2. The molecule has 4 nitrogen and oxygen atoms in total. The predicted octanol–water partition coefficient (Wildman–Crippen LogP) is 3.08. The van der Waals surface area contributed by atoms with Crippen LogP contribution in [0.3, 0.4) is 0 Å². The maximum Gasteiger partial charge on any atom is 0.228 e. The molecule has 21 heavy (non-hydrogen) atoms. The summed E-state index contributed by atoms with van der Waals surface area (Å²) in [6, 6.07) is 9.55. The molecule has 0 spiro atoms. The first-order valence-corrected chi connectivity index (χ1v) is 7.63. The van der Waals surface area contributed by atoms with Crippen LogP contribution in [0.25, 0.3) is 0 Å². The van der Waals surface area contributed by atoms with E-state index >= 15 is 0 Å². The van der Waals surface area contributed by atoms with Gasteiger partial charge in [-0.25, -0.2) is 0 Å². The monoisotopic (exact) mass is 290 g/mol. The molecular formula is C17H26N2O2. The van der Waals surface area contributed by atoms with E-state index in [0.29, 0.717) is 13.0 Å². The molecule has 0 aliphatic heterocycles. The first kappa shape index (κ1) is 17.2. The number of hydrogen-bond donors (Lipinski definition) is 0. The van der Waals surface area contributed by atoms with Gasteiger partial charge in [0.25, 0.3) is 0 Å². The highest BCUT2D eigenvalue weighted by Gasteiger charge is 2.14. The van der Waals surface area contributed by atoms with Crippen molar-refractivity contribution in [1.82, 2.24) is 4.90 Å². The van der Waals surface area contributed by atoms with Crippen LogP contribution in [0.2, 0.25) is 0 Å². The van der Waals surface area contributed by atoms with Gasteiger partial charge in [-0.2, -0.15) is 0 Å². The maximum absolute atomic E-state index is 12.2. The molecular weight excluding hydrogens is 264 g/mol. The van der Waals surface area contributed by atoms with Crippen LogP contribution in [-0.4, -0.2) is 36.9 Å². The van der Waals surface area contributed by atoms with Crippen molar-refractivity contribution in [2.24, 2.45) is 0 Å². The average Bonchev–Trinajstić information content (AvgIpc) is 2.50. The SMILES string of the molecule is CCCCCN(CCC(=O)N(C)c1ccccc1)C(C)=O. The molecule has 0 aliphatic rings. The van der Waals surface area contributed by atoms with Crippen LogP contribution >= 0.6 is 0 Å². The smallest absolute Gasteiger partial charge is 0.228 e. The molecule has 0 radical (unpaired) electrons. The molecule has 0 bridgehead atoms. The summed E-state index contributed by atoms with van der Waals surface area (Å²) in [6.07, 6.45) is 3.60. The molecule has 1 aromatic rings. The van der Waals surface area contributed by atoms with E-state index in [0.717, 1.165) is 31.5 Å². The van der Waals surface area contributed by atoms with E-state index in [-0.39, 0.29) is 11.8 Å². The number of amides is 2. The van der Waals surface area contributed by atoms with Crippen LogP contribution < -0.4 is 4.90 Å². The summed E-state index contributed by atoms with van der Waals surface area (Å²) in [5, 5.41) is 0. The molecule has 0 aromatic heterocycles. The summed E-state index contributed by atoms with van der Waals surface area (Å²) >= 11 is 0. The van der Waals surface area contributed by atoms with Crippen LogP contribution in [-0.2, 0) is 9.59 Å². The highest BCUT2D eigenvalue weighted by Crippen LogP contribution is 2.12. The molecule has 0 N–H and O–H groups in total. The summed E-state index contributed by atoms with van der Waals surface area (Å²) in [4.78, 5) is 27.2. The van der Waals surface area contributed by atoms with Crippen molar-refractivity contribution in [3.05, 3.63) is 30.3 Å². The second kappa shape index (κ2) is 9.16. The molecule has 1 aromatic carbocycles. The summed E-state index contributed by atoms with van der Waals surface area (Å²) in [7, 11) is 1.77. The van der Waals surface area contributed by atoms with Gasteiger partial charge in [0.15, 0.2) is 0 Å². The Morgan fingerprint density at radius 2 is 1.71 bits per heavy atom. The molecule has 0 atom stereocenters. The number of anilines is 1. The van der Waals surface area contributed by atoms with Gasteiger partial charge in [0.1, 0.15) is 0 Å². The Morgan fingerprint density at radius 1 is 1.05 bits per heavy atom. The molecule has 4 heteroatoms. The standard InChI is InChI=1S/C17H26N2O2/c1-4-5-9-13-19(15(2)20)14-12-17(21)18(3)16-10-7-6-8-11-16/h6-8,10-11H,4-5,9,12-14H2,1-3H3. The number of hydrogen-bond acceptors (Lipinski definition) is 2. The Kier molecular flexibility index (Phi) is 7.51. The summed E-state index contributed by atoms with van der Waals surface area (Å²) in [5.41, 5.74) is 0.878. The Morgan fingerprint density at radius 3 is 2.29 bits per heavy atom. The number of benzene rings is 1. The van der Waals surface area contributed by atoms with E-state index in [1.807, 2.05) is 30.3 Å². The first-order valence-electron chi connectivity index (χ1n) is 7.63. The molecule has 0 unspecified atom stereocenters. The minimum absolute atomic E-state index is 0.0305. The number of carbonyl (C=O) groups is 2. The Hall–Kier alpha value is -1.84. The van der Waals surface area contributed by atoms with Gasteiger partial charge in [-0.3, -0.25) is 9.59 Å². The first-order chi connectivity index (χ1) is 10.1. The van der Waals surface area contributed by atoms with E-state index in [9.17, 15) is 9.59 Å². The van der Waals surface area contributed by atoms with E-state index in [1.165, 1.54) is 0 Å². The Labute approximate surface area is 127 Å². The largest absolute Gasteiger partial charge is 0.342 e. The van der Waals surface area contributed by atoms with Crippen molar-refractivity contribution in [2.75, 3.05) is 25.0 Å². The van der Waals surface area contributed by atoms with Crippen LogP contribution in [0.15, 0.2) is 30.3 Å². The van der Waals surface area contributed by atoms with Gasteiger partial charge < -0.3 is 9.80 Å². The highest BCUT2D eigenvalue weighted by molar-refractivity contribution is 5.93. The van der Waals surface area contributed by atoms with Gasteiger partial charge >= 0.3 is 0 Å². The van der Waals surface area contributed by atoms with Crippen molar-refractivity contribution in [2.45, 2.75) is 39.5 Å². The highest BCUT2D eigenvalue weighted by atomic mass is 16.2. The van der Waals surface area contributed by atoms with Gasteiger partial charge in [0, 0.05) is 39.2 Å². The summed E-state index contributed by atoms with van der Waals surface area (Å²) in [5.74, 6) is 0.0733. The van der Waals surface area contributed by atoms with Crippen LogP contribution in [0, 0.1) is 0 Å². The molecule has 0 aliphatic carbocycles. The minimum atomic E-state index is 0.0305. The zero-order valence-corrected chi connectivity index (χ0v) is 13.3. The third-order valence-electron chi connectivity index (χ3n) is 3.59. The average molecular weight is 290 g/mol. The van der Waals surface area contributed by atoms with Crippen LogP contribution in [0.5, 0.6) is 0 Å². The third kappa shape index (κ3) is 5.98. The normalized spacial score (nSPS) is 10.2. The quantitative estimate of drug-likeness (QED) is 0.690. The van der Waals surface area contributed by atoms with Crippen LogP contribution in [0.1, 0.15) is 39.5 Å². The summed E-state index contributed by atoms with van der Waals surface area (Å²) < 4.78 is 0. The molecule has 0 saturated carbocycles. The zero-order valence-electron chi connectivity index (χ0n) is 13.3. The minimum Gasteiger partial charge on any atom is -0.342 e. The van der Waals surface area contributed by atoms with E-state index in [4.69, 9.17) is 0 Å². The van der Waals surface area contributed by atoms with Gasteiger partial charge in [0.2, 0.25) is 11.8 Å².